The fourth-order valence-corrected chi connectivity index (χ4v) is 4.86. The van der Waals surface area contributed by atoms with Crippen LogP contribution in [0.4, 0.5) is 5.82 Å². The maximum Gasteiger partial charge on any atom is 0.225 e. The minimum Gasteiger partial charge on any atom is -0.384 e. The van der Waals surface area contributed by atoms with Crippen LogP contribution < -0.4 is 4.90 Å². The number of amides is 1. The molecule has 8 heteroatoms. The van der Waals surface area contributed by atoms with Crippen LogP contribution in [0, 0.1) is 11.3 Å². The molecule has 1 saturated heterocycles. The Morgan fingerprint density at radius 3 is 2.74 bits per heavy atom. The van der Waals surface area contributed by atoms with E-state index >= 15 is 0 Å². The number of hydrogen-bond donors (Lipinski definition) is 1. The van der Waals surface area contributed by atoms with E-state index in [1.165, 1.54) is 0 Å². The van der Waals surface area contributed by atoms with Gasteiger partial charge >= 0.3 is 0 Å². The quantitative estimate of drug-likeness (QED) is 0.561. The number of rotatable bonds is 7. The lowest BCUT2D eigenvalue weighted by atomic mass is 9.97. The fourth-order valence-electron chi connectivity index (χ4n) is 4.86. The highest BCUT2D eigenvalue weighted by molar-refractivity contribution is 5.78. The SMILES string of the molecule is COCCC(=O)N1CCN(c2nc(C3CC3)c(-c3cccc(-c4cc[nH]n4)c3)cc2C#N)CC1C. The highest BCUT2D eigenvalue weighted by Gasteiger charge is 2.33. The summed E-state index contributed by atoms with van der Waals surface area (Å²) in [4.78, 5) is 21.7. The van der Waals surface area contributed by atoms with E-state index in [2.05, 4.69) is 40.2 Å². The first-order valence-corrected chi connectivity index (χ1v) is 12.2. The van der Waals surface area contributed by atoms with Crippen molar-refractivity contribution in [2.24, 2.45) is 0 Å². The molecule has 1 aromatic carbocycles. The Kier molecular flexibility index (Phi) is 6.51. The van der Waals surface area contributed by atoms with Gasteiger partial charge in [0.15, 0.2) is 0 Å². The van der Waals surface area contributed by atoms with E-state index in [0.717, 1.165) is 46.7 Å². The van der Waals surface area contributed by atoms with Crippen molar-refractivity contribution in [2.45, 2.75) is 38.1 Å². The highest BCUT2D eigenvalue weighted by atomic mass is 16.5. The lowest BCUT2D eigenvalue weighted by Crippen LogP contribution is -2.54. The molecule has 8 nitrogen and oxygen atoms in total. The predicted octanol–water partition coefficient (Wildman–Crippen LogP) is 3.96. The third-order valence-electron chi connectivity index (χ3n) is 6.85. The lowest BCUT2D eigenvalue weighted by molar-refractivity contribution is -0.134. The van der Waals surface area contributed by atoms with Crippen LogP contribution in [0.25, 0.3) is 22.4 Å². The molecule has 1 atom stereocenters. The Hall–Kier alpha value is -3.70. The minimum atomic E-state index is 0.0380. The molecular formula is C27H30N6O2. The van der Waals surface area contributed by atoms with E-state index in [4.69, 9.17) is 9.72 Å². The van der Waals surface area contributed by atoms with E-state index in [0.29, 0.717) is 44.1 Å². The summed E-state index contributed by atoms with van der Waals surface area (Å²) in [7, 11) is 1.61. The van der Waals surface area contributed by atoms with Gasteiger partial charge in [0.1, 0.15) is 11.9 Å². The van der Waals surface area contributed by atoms with Crippen LogP contribution in [0.3, 0.4) is 0 Å². The summed E-state index contributed by atoms with van der Waals surface area (Å²) in [6.07, 6.45) is 4.43. The van der Waals surface area contributed by atoms with Gasteiger partial charge in [0, 0.05) is 56.0 Å². The zero-order valence-electron chi connectivity index (χ0n) is 20.2. The fraction of sp³-hybridized carbons (Fsp3) is 0.407. The van der Waals surface area contributed by atoms with Crippen molar-refractivity contribution in [2.75, 3.05) is 38.3 Å². The van der Waals surface area contributed by atoms with Crippen molar-refractivity contribution in [3.05, 3.63) is 53.9 Å². The Labute approximate surface area is 205 Å². The molecule has 2 aromatic heterocycles. The van der Waals surface area contributed by atoms with Gasteiger partial charge in [-0.15, -0.1) is 0 Å². The van der Waals surface area contributed by atoms with Crippen molar-refractivity contribution < 1.29 is 9.53 Å². The predicted molar refractivity (Wildman–Crippen MR) is 134 cm³/mol. The molecule has 1 N–H and O–H groups in total. The average molecular weight is 471 g/mol. The molecule has 1 aliphatic heterocycles. The topological polar surface area (TPSA) is 98.1 Å². The van der Waals surface area contributed by atoms with Gasteiger partial charge in [0.05, 0.1) is 30.0 Å². The number of nitrogens with zero attached hydrogens (tertiary/aromatic N) is 5. The number of aromatic amines is 1. The van der Waals surface area contributed by atoms with Gasteiger partial charge in [0.2, 0.25) is 5.91 Å². The van der Waals surface area contributed by atoms with E-state index < -0.39 is 0 Å². The molecule has 5 rings (SSSR count). The molecule has 1 amide bonds. The Morgan fingerprint density at radius 2 is 2.06 bits per heavy atom. The van der Waals surface area contributed by atoms with E-state index in [1.807, 2.05) is 35.4 Å². The molecule has 1 unspecified atom stereocenters. The molecule has 0 bridgehead atoms. The standard InChI is InChI=1S/C27H30N6O2/c1-18-17-32(11-12-33(18)25(34)9-13-35-2)27-22(16-28)15-23(26(30-27)19-6-7-19)20-4-3-5-21(14-20)24-8-10-29-31-24/h3-5,8,10,14-15,18-19H,6-7,9,11-13,17H2,1-2H3,(H,29,31). The molecule has 180 valence electrons. The van der Waals surface area contributed by atoms with Crippen LogP contribution in [-0.2, 0) is 9.53 Å². The Bertz CT molecular complexity index is 1250. The minimum absolute atomic E-state index is 0.0380. The normalized spacial score (nSPS) is 17.9. The number of nitrogens with one attached hydrogen (secondary N) is 1. The summed E-state index contributed by atoms with van der Waals surface area (Å²) < 4.78 is 5.07. The van der Waals surface area contributed by atoms with Crippen molar-refractivity contribution in [3.63, 3.8) is 0 Å². The summed E-state index contributed by atoms with van der Waals surface area (Å²) >= 11 is 0. The third kappa shape index (κ3) is 4.77. The summed E-state index contributed by atoms with van der Waals surface area (Å²) in [5.74, 6) is 1.26. The van der Waals surface area contributed by atoms with Crippen LogP contribution in [0.5, 0.6) is 0 Å². The summed E-state index contributed by atoms with van der Waals surface area (Å²) in [6.45, 7) is 4.41. The van der Waals surface area contributed by atoms with Crippen molar-refractivity contribution >= 4 is 11.7 Å². The number of piperazine rings is 1. The van der Waals surface area contributed by atoms with Crippen LogP contribution in [0.2, 0.25) is 0 Å². The first kappa shape index (κ1) is 23.1. The molecule has 3 aromatic rings. The number of anilines is 1. The molecule has 35 heavy (non-hydrogen) atoms. The first-order valence-electron chi connectivity index (χ1n) is 12.2. The second-order valence-corrected chi connectivity index (χ2v) is 9.34. The second-order valence-electron chi connectivity index (χ2n) is 9.34. The number of nitriles is 1. The van der Waals surface area contributed by atoms with Crippen LogP contribution in [0.1, 0.15) is 43.4 Å². The van der Waals surface area contributed by atoms with Gasteiger partial charge in [0.25, 0.3) is 0 Å². The number of methoxy groups -OCH3 is 1. The molecule has 2 aliphatic rings. The number of hydrogen-bond acceptors (Lipinski definition) is 6. The van der Waals surface area contributed by atoms with Gasteiger partial charge in [-0.3, -0.25) is 9.89 Å². The van der Waals surface area contributed by atoms with Crippen LogP contribution in [0.15, 0.2) is 42.6 Å². The number of carbonyl (C=O) groups is 1. The second kappa shape index (κ2) is 9.88. The molecule has 3 heterocycles. The average Bonchev–Trinajstić information content (AvgIpc) is 3.59. The number of carbonyl (C=O) groups excluding carboxylic acids is 1. The largest absolute Gasteiger partial charge is 0.384 e. The highest BCUT2D eigenvalue weighted by Crippen LogP contribution is 2.45. The zero-order chi connectivity index (χ0) is 24.4. The van der Waals surface area contributed by atoms with Gasteiger partial charge in [-0.1, -0.05) is 18.2 Å². The smallest absolute Gasteiger partial charge is 0.225 e. The Balaban J connectivity index is 1.46. The van der Waals surface area contributed by atoms with Gasteiger partial charge in [-0.25, -0.2) is 4.98 Å². The molecule has 1 saturated carbocycles. The Morgan fingerprint density at radius 1 is 1.23 bits per heavy atom. The summed E-state index contributed by atoms with van der Waals surface area (Å²) in [5, 5.41) is 17.2. The molecule has 2 fully saturated rings. The van der Waals surface area contributed by atoms with E-state index in [-0.39, 0.29) is 11.9 Å². The summed E-state index contributed by atoms with van der Waals surface area (Å²) in [5.41, 5.74) is 5.61. The van der Waals surface area contributed by atoms with Crippen molar-refractivity contribution in [3.8, 4) is 28.5 Å². The molecule has 1 aliphatic carbocycles. The zero-order valence-corrected chi connectivity index (χ0v) is 20.2. The monoisotopic (exact) mass is 470 g/mol. The molecular weight excluding hydrogens is 440 g/mol. The molecule has 0 spiro atoms. The molecule has 0 radical (unpaired) electrons. The van der Waals surface area contributed by atoms with E-state index in [1.54, 1.807) is 7.11 Å². The maximum absolute atomic E-state index is 12.6. The van der Waals surface area contributed by atoms with Gasteiger partial charge in [-0.2, -0.15) is 10.4 Å². The third-order valence-corrected chi connectivity index (χ3v) is 6.85. The van der Waals surface area contributed by atoms with Gasteiger partial charge < -0.3 is 14.5 Å². The summed E-state index contributed by atoms with van der Waals surface area (Å²) in [6, 6.07) is 14.6. The van der Waals surface area contributed by atoms with Crippen LogP contribution >= 0.6 is 0 Å². The number of aromatic nitrogens is 3. The first-order chi connectivity index (χ1) is 17.1. The van der Waals surface area contributed by atoms with Gasteiger partial charge in [-0.05, 0) is 43.5 Å². The lowest BCUT2D eigenvalue weighted by Gasteiger charge is -2.41. The van der Waals surface area contributed by atoms with Crippen LogP contribution in [-0.4, -0.2) is 65.4 Å². The number of benzene rings is 1. The number of ether oxygens (including phenoxy) is 1. The number of pyridine rings is 1. The van der Waals surface area contributed by atoms with E-state index in [9.17, 15) is 10.1 Å². The number of H-pyrrole nitrogens is 1. The maximum atomic E-state index is 12.6. The van der Waals surface area contributed by atoms with Crippen molar-refractivity contribution in [1.29, 1.82) is 5.26 Å². The van der Waals surface area contributed by atoms with Crippen molar-refractivity contribution in [1.82, 2.24) is 20.1 Å².